The van der Waals surface area contributed by atoms with Gasteiger partial charge in [-0.3, -0.25) is 14.5 Å². The Balaban J connectivity index is 1.54. The average Bonchev–Trinajstić information content (AvgIpc) is 3.17. The van der Waals surface area contributed by atoms with Crippen LogP contribution in [-0.4, -0.2) is 41.0 Å². The molecule has 2 heterocycles. The largest absolute Gasteiger partial charge is 0.368 e. The predicted molar refractivity (Wildman–Crippen MR) is 90.4 cm³/mol. The van der Waals surface area contributed by atoms with Crippen molar-refractivity contribution in [1.82, 2.24) is 15.5 Å². The number of nitrogens with one attached hydrogen (secondary N) is 2. The summed E-state index contributed by atoms with van der Waals surface area (Å²) in [5.74, 6) is -0.312. The van der Waals surface area contributed by atoms with Crippen LogP contribution in [0, 0.1) is 0 Å². The summed E-state index contributed by atoms with van der Waals surface area (Å²) in [5.41, 5.74) is 0.951. The van der Waals surface area contributed by atoms with Crippen LogP contribution in [0.2, 0.25) is 0 Å². The van der Waals surface area contributed by atoms with E-state index in [0.717, 1.165) is 24.0 Å². The highest BCUT2D eigenvalue weighted by Crippen LogP contribution is 2.19. The lowest BCUT2D eigenvalue weighted by atomic mass is 10.1. The van der Waals surface area contributed by atoms with Gasteiger partial charge in [0.2, 0.25) is 5.91 Å². The molecule has 1 atom stereocenters. The second-order valence-corrected chi connectivity index (χ2v) is 6.98. The minimum absolute atomic E-state index is 0.0804. The van der Waals surface area contributed by atoms with Gasteiger partial charge < -0.3 is 15.4 Å². The number of imide groups is 1. The van der Waals surface area contributed by atoms with Crippen molar-refractivity contribution in [3.63, 3.8) is 0 Å². The fourth-order valence-electron chi connectivity index (χ4n) is 2.99. The summed E-state index contributed by atoms with van der Waals surface area (Å²) in [5, 5.41) is 5.53. The molecule has 1 unspecified atom stereocenters. The predicted octanol–water partition coefficient (Wildman–Crippen LogP) is 1.31. The van der Waals surface area contributed by atoms with Crippen LogP contribution in [-0.2, 0) is 27.4 Å². The van der Waals surface area contributed by atoms with Crippen molar-refractivity contribution >= 4 is 17.8 Å². The van der Waals surface area contributed by atoms with Crippen molar-refractivity contribution in [3.8, 4) is 0 Å². The van der Waals surface area contributed by atoms with E-state index in [1.807, 2.05) is 24.3 Å². The Hall–Kier alpha value is -2.41. The normalized spacial score (nSPS) is 22.2. The molecule has 2 saturated heterocycles. The van der Waals surface area contributed by atoms with Crippen LogP contribution >= 0.6 is 0 Å². The van der Waals surface area contributed by atoms with Gasteiger partial charge in [-0.2, -0.15) is 0 Å². The molecule has 0 bridgehead atoms. The van der Waals surface area contributed by atoms with E-state index in [2.05, 4.69) is 10.6 Å². The van der Waals surface area contributed by atoms with Crippen LogP contribution in [0.3, 0.4) is 0 Å². The molecule has 0 saturated carbocycles. The smallest absolute Gasteiger partial charge is 0.325 e. The lowest BCUT2D eigenvalue weighted by Gasteiger charge is -2.16. The van der Waals surface area contributed by atoms with E-state index in [1.54, 1.807) is 13.8 Å². The van der Waals surface area contributed by atoms with Gasteiger partial charge in [-0.1, -0.05) is 24.3 Å². The number of hydrogen-bond acceptors (Lipinski definition) is 4. The number of ether oxygens (including phenoxy) is 1. The maximum Gasteiger partial charge on any atom is 0.325 e. The molecule has 0 aromatic heterocycles. The first-order valence-electron chi connectivity index (χ1n) is 8.48. The zero-order chi connectivity index (χ0) is 18.0. The van der Waals surface area contributed by atoms with Crippen LogP contribution in [0.4, 0.5) is 4.79 Å². The Labute approximate surface area is 146 Å². The van der Waals surface area contributed by atoms with E-state index < -0.39 is 5.54 Å². The third-order valence-corrected chi connectivity index (χ3v) is 4.50. The molecule has 0 aliphatic carbocycles. The zero-order valence-electron chi connectivity index (χ0n) is 14.5. The Kier molecular flexibility index (Phi) is 4.76. The third kappa shape index (κ3) is 3.82. The maximum absolute atomic E-state index is 12.2. The fraction of sp³-hybridized carbons (Fsp3) is 0.500. The monoisotopic (exact) mass is 345 g/mol. The van der Waals surface area contributed by atoms with Gasteiger partial charge in [0.15, 0.2) is 0 Å². The summed E-state index contributed by atoms with van der Waals surface area (Å²) in [6.45, 7) is 4.68. The summed E-state index contributed by atoms with van der Waals surface area (Å²) >= 11 is 0. The number of carbonyl (C=O) groups is 3. The van der Waals surface area contributed by atoms with Crippen molar-refractivity contribution in [2.75, 3.05) is 6.61 Å². The molecule has 1 aromatic rings. The van der Waals surface area contributed by atoms with Gasteiger partial charge in [0.05, 0.1) is 6.54 Å². The number of hydrogen-bond donors (Lipinski definition) is 2. The molecule has 7 nitrogen and oxygen atoms in total. The number of carbonyl (C=O) groups excluding carboxylic acids is 3. The van der Waals surface area contributed by atoms with Crippen LogP contribution in [0.15, 0.2) is 24.3 Å². The number of urea groups is 1. The first-order chi connectivity index (χ1) is 11.9. The van der Waals surface area contributed by atoms with E-state index >= 15 is 0 Å². The second-order valence-electron chi connectivity index (χ2n) is 6.98. The molecule has 0 radical (unpaired) electrons. The zero-order valence-corrected chi connectivity index (χ0v) is 14.5. The molecule has 4 amide bonds. The first kappa shape index (κ1) is 17.4. The van der Waals surface area contributed by atoms with Crippen molar-refractivity contribution in [1.29, 1.82) is 0 Å². The molecule has 0 spiro atoms. The average molecular weight is 345 g/mol. The van der Waals surface area contributed by atoms with Gasteiger partial charge in [-0.05, 0) is 37.8 Å². The van der Waals surface area contributed by atoms with Gasteiger partial charge in [0.1, 0.15) is 11.6 Å². The molecule has 2 fully saturated rings. The van der Waals surface area contributed by atoms with Gasteiger partial charge in [0.25, 0.3) is 5.91 Å². The van der Waals surface area contributed by atoms with Gasteiger partial charge >= 0.3 is 6.03 Å². The van der Waals surface area contributed by atoms with E-state index in [-0.39, 0.29) is 30.5 Å². The van der Waals surface area contributed by atoms with E-state index in [1.165, 1.54) is 4.90 Å². The van der Waals surface area contributed by atoms with Gasteiger partial charge in [-0.25, -0.2) is 4.79 Å². The maximum atomic E-state index is 12.2. The van der Waals surface area contributed by atoms with Gasteiger partial charge in [0, 0.05) is 13.2 Å². The van der Waals surface area contributed by atoms with Crippen LogP contribution < -0.4 is 10.6 Å². The van der Waals surface area contributed by atoms with Crippen LogP contribution in [0.25, 0.3) is 0 Å². The summed E-state index contributed by atoms with van der Waals surface area (Å²) in [7, 11) is 0. The summed E-state index contributed by atoms with van der Waals surface area (Å²) in [6.07, 6.45) is 1.36. The second kappa shape index (κ2) is 6.84. The topological polar surface area (TPSA) is 87.7 Å². The van der Waals surface area contributed by atoms with E-state index in [4.69, 9.17) is 4.74 Å². The fourth-order valence-corrected chi connectivity index (χ4v) is 2.99. The lowest BCUT2D eigenvalue weighted by Crippen LogP contribution is -2.40. The highest BCUT2D eigenvalue weighted by atomic mass is 16.5. The van der Waals surface area contributed by atoms with Crippen molar-refractivity contribution in [2.45, 2.75) is 51.4 Å². The number of nitrogens with zero attached hydrogens (tertiary/aromatic N) is 1. The van der Waals surface area contributed by atoms with E-state index in [0.29, 0.717) is 13.2 Å². The first-order valence-corrected chi connectivity index (χ1v) is 8.48. The molecule has 7 heteroatoms. The third-order valence-electron chi connectivity index (χ3n) is 4.50. The van der Waals surface area contributed by atoms with Crippen molar-refractivity contribution in [2.24, 2.45) is 0 Å². The molecule has 1 aromatic carbocycles. The summed E-state index contributed by atoms with van der Waals surface area (Å²) in [6, 6.07) is 7.12. The Bertz CT molecular complexity index is 678. The summed E-state index contributed by atoms with van der Waals surface area (Å²) in [4.78, 5) is 37.2. The van der Waals surface area contributed by atoms with Crippen molar-refractivity contribution in [3.05, 3.63) is 35.4 Å². The molecule has 3 rings (SSSR count). The van der Waals surface area contributed by atoms with Crippen LogP contribution in [0.5, 0.6) is 0 Å². The molecule has 25 heavy (non-hydrogen) atoms. The Morgan fingerprint density at radius 2 is 1.96 bits per heavy atom. The van der Waals surface area contributed by atoms with Crippen LogP contribution in [0.1, 0.15) is 37.8 Å². The SMILES string of the molecule is CC1(C)NC(=O)N(Cc2ccc(CNC(=O)C3CCCO3)cc2)C1=O. The lowest BCUT2D eigenvalue weighted by molar-refractivity contribution is -0.131. The minimum Gasteiger partial charge on any atom is -0.368 e. The Morgan fingerprint density at radius 3 is 2.52 bits per heavy atom. The molecular formula is C18H23N3O4. The molecule has 2 aliphatic rings. The van der Waals surface area contributed by atoms with Crippen molar-refractivity contribution < 1.29 is 19.1 Å². The highest BCUT2D eigenvalue weighted by Gasteiger charge is 2.43. The number of benzene rings is 1. The Morgan fingerprint density at radius 1 is 1.28 bits per heavy atom. The number of amides is 4. The number of rotatable bonds is 5. The molecule has 2 aliphatic heterocycles. The minimum atomic E-state index is -0.858. The summed E-state index contributed by atoms with van der Waals surface area (Å²) < 4.78 is 5.35. The standard InChI is InChI=1S/C18H23N3O4/c1-18(2)16(23)21(17(24)20-18)11-13-7-5-12(6-8-13)10-19-15(22)14-4-3-9-25-14/h5-8,14H,3-4,9-11H2,1-2H3,(H,19,22)(H,20,24). The molecule has 134 valence electrons. The molecular weight excluding hydrogens is 322 g/mol. The molecule has 2 N–H and O–H groups in total. The highest BCUT2D eigenvalue weighted by molar-refractivity contribution is 6.06. The van der Waals surface area contributed by atoms with E-state index in [9.17, 15) is 14.4 Å². The van der Waals surface area contributed by atoms with Gasteiger partial charge in [-0.15, -0.1) is 0 Å². The quantitative estimate of drug-likeness (QED) is 0.788.